The number of imide groups is 1. The minimum absolute atomic E-state index is 0.0492. The average molecular weight is 457 g/mol. The number of hydrogen-bond acceptors (Lipinski definition) is 8. The molecule has 32 heavy (non-hydrogen) atoms. The Labute approximate surface area is 186 Å². The van der Waals surface area contributed by atoms with Gasteiger partial charge in [-0.15, -0.1) is 0 Å². The fraction of sp³-hybridized carbons (Fsp3) is 0.238. The molecular weight excluding hydrogens is 438 g/mol. The number of carbonyl (C=O) groups is 4. The van der Waals surface area contributed by atoms with Gasteiger partial charge in [0.15, 0.2) is 17.3 Å². The van der Waals surface area contributed by atoms with E-state index in [0.29, 0.717) is 22.0 Å². The molecule has 2 aromatic rings. The third kappa shape index (κ3) is 4.94. The molecule has 1 saturated heterocycles. The zero-order chi connectivity index (χ0) is 22.5. The SMILES string of the molecule is O=C(CCNC(=O)c1ccco1)NCCN1C(=O)S/C(=C/c2ccc3c(c2)OCO3)C1=O. The topological polar surface area (TPSA) is 127 Å². The summed E-state index contributed by atoms with van der Waals surface area (Å²) in [4.78, 5) is 49.8. The van der Waals surface area contributed by atoms with Crippen molar-refractivity contribution in [2.45, 2.75) is 6.42 Å². The number of hydrogen-bond donors (Lipinski definition) is 2. The summed E-state index contributed by atoms with van der Waals surface area (Å²) in [6.45, 7) is 0.441. The number of thioether (sulfide) groups is 1. The summed E-state index contributed by atoms with van der Waals surface area (Å²) >= 11 is 0.842. The summed E-state index contributed by atoms with van der Waals surface area (Å²) in [5.74, 6) is 0.242. The maximum atomic E-state index is 12.6. The highest BCUT2D eigenvalue weighted by molar-refractivity contribution is 8.18. The molecule has 2 aliphatic rings. The van der Waals surface area contributed by atoms with E-state index >= 15 is 0 Å². The Hall–Kier alpha value is -3.73. The van der Waals surface area contributed by atoms with Crippen molar-refractivity contribution in [2.75, 3.05) is 26.4 Å². The van der Waals surface area contributed by atoms with Crippen LogP contribution in [0.5, 0.6) is 11.5 Å². The second kappa shape index (κ2) is 9.60. The summed E-state index contributed by atoms with van der Waals surface area (Å²) < 4.78 is 15.5. The van der Waals surface area contributed by atoms with E-state index in [2.05, 4.69) is 10.6 Å². The summed E-state index contributed by atoms with van der Waals surface area (Å²) in [5.41, 5.74) is 0.713. The predicted octanol–water partition coefficient (Wildman–Crippen LogP) is 1.98. The van der Waals surface area contributed by atoms with E-state index in [4.69, 9.17) is 13.9 Å². The van der Waals surface area contributed by atoms with E-state index in [1.54, 1.807) is 30.3 Å². The minimum Gasteiger partial charge on any atom is -0.459 e. The van der Waals surface area contributed by atoms with Crippen molar-refractivity contribution in [1.29, 1.82) is 0 Å². The van der Waals surface area contributed by atoms with Gasteiger partial charge in [-0.3, -0.25) is 24.1 Å². The Morgan fingerprint density at radius 2 is 1.94 bits per heavy atom. The van der Waals surface area contributed by atoms with Gasteiger partial charge in [0.05, 0.1) is 11.2 Å². The molecule has 1 fully saturated rings. The van der Waals surface area contributed by atoms with Crippen LogP contribution in [0, 0.1) is 0 Å². The Bertz CT molecular complexity index is 1080. The maximum Gasteiger partial charge on any atom is 0.293 e. The van der Waals surface area contributed by atoms with E-state index in [1.165, 1.54) is 12.3 Å². The third-order valence-electron chi connectivity index (χ3n) is 4.61. The predicted molar refractivity (Wildman–Crippen MR) is 114 cm³/mol. The molecule has 3 heterocycles. The van der Waals surface area contributed by atoms with Crippen LogP contribution in [0.15, 0.2) is 45.9 Å². The first kappa shape index (κ1) is 21.5. The Balaban J connectivity index is 1.22. The number of carbonyl (C=O) groups excluding carboxylic acids is 4. The summed E-state index contributed by atoms with van der Waals surface area (Å²) in [6.07, 6.45) is 3.06. The second-order valence-electron chi connectivity index (χ2n) is 6.78. The number of ether oxygens (including phenoxy) is 2. The van der Waals surface area contributed by atoms with E-state index in [1.807, 2.05) is 0 Å². The molecule has 4 rings (SSSR count). The van der Waals surface area contributed by atoms with Crippen molar-refractivity contribution in [2.24, 2.45) is 0 Å². The van der Waals surface area contributed by atoms with Gasteiger partial charge in [-0.2, -0.15) is 0 Å². The maximum absolute atomic E-state index is 12.6. The van der Waals surface area contributed by atoms with Gasteiger partial charge in [-0.25, -0.2) is 0 Å². The van der Waals surface area contributed by atoms with Gasteiger partial charge < -0.3 is 24.5 Å². The summed E-state index contributed by atoms with van der Waals surface area (Å²) in [7, 11) is 0. The highest BCUT2D eigenvalue weighted by Gasteiger charge is 2.34. The van der Waals surface area contributed by atoms with Crippen molar-refractivity contribution in [3.05, 3.63) is 52.8 Å². The lowest BCUT2D eigenvalue weighted by molar-refractivity contribution is -0.124. The van der Waals surface area contributed by atoms with E-state index in [-0.39, 0.29) is 44.5 Å². The standard InChI is InChI=1S/C21H19N3O7S/c25-18(5-6-23-19(26)15-2-1-9-29-15)22-7-8-24-20(27)17(32-21(24)28)11-13-3-4-14-16(10-13)31-12-30-14/h1-4,9-11H,5-8,12H2,(H,22,25)(H,23,26)/b17-11+. The summed E-state index contributed by atoms with van der Waals surface area (Å²) in [6, 6.07) is 8.36. The van der Waals surface area contributed by atoms with Crippen LogP contribution in [0.1, 0.15) is 22.5 Å². The Morgan fingerprint density at radius 1 is 1.09 bits per heavy atom. The van der Waals surface area contributed by atoms with Crippen LogP contribution in [-0.4, -0.2) is 54.3 Å². The van der Waals surface area contributed by atoms with Gasteiger partial charge >= 0.3 is 0 Å². The molecule has 10 nitrogen and oxygen atoms in total. The fourth-order valence-electron chi connectivity index (χ4n) is 3.03. The van der Waals surface area contributed by atoms with E-state index < -0.39 is 17.1 Å². The lowest BCUT2D eigenvalue weighted by Gasteiger charge is -2.13. The van der Waals surface area contributed by atoms with Crippen molar-refractivity contribution in [3.8, 4) is 11.5 Å². The molecule has 1 aromatic heterocycles. The van der Waals surface area contributed by atoms with Crippen molar-refractivity contribution in [1.82, 2.24) is 15.5 Å². The number of nitrogens with zero attached hydrogens (tertiary/aromatic N) is 1. The minimum atomic E-state index is -0.419. The van der Waals surface area contributed by atoms with Gasteiger partial charge in [0.25, 0.3) is 17.1 Å². The normalized spacial score (nSPS) is 16.0. The third-order valence-corrected chi connectivity index (χ3v) is 5.52. The number of benzene rings is 1. The molecule has 4 amide bonds. The summed E-state index contributed by atoms with van der Waals surface area (Å²) in [5, 5.41) is 4.80. The molecule has 2 aliphatic heterocycles. The highest BCUT2D eigenvalue weighted by atomic mass is 32.2. The first-order chi connectivity index (χ1) is 15.5. The lowest BCUT2D eigenvalue weighted by Crippen LogP contribution is -2.38. The van der Waals surface area contributed by atoms with Crippen LogP contribution < -0.4 is 20.1 Å². The fourth-order valence-corrected chi connectivity index (χ4v) is 3.89. The largest absolute Gasteiger partial charge is 0.459 e. The molecule has 1 aromatic carbocycles. The molecule has 0 aliphatic carbocycles. The highest BCUT2D eigenvalue weighted by Crippen LogP contribution is 2.36. The number of fused-ring (bicyclic) bond motifs is 1. The lowest BCUT2D eigenvalue weighted by atomic mass is 10.2. The van der Waals surface area contributed by atoms with Crippen molar-refractivity contribution in [3.63, 3.8) is 0 Å². The number of amides is 4. The van der Waals surface area contributed by atoms with Crippen LogP contribution in [0.3, 0.4) is 0 Å². The van der Waals surface area contributed by atoms with Crippen molar-refractivity contribution < 1.29 is 33.1 Å². The molecule has 0 spiro atoms. The zero-order valence-electron chi connectivity index (χ0n) is 16.8. The second-order valence-corrected chi connectivity index (χ2v) is 7.77. The van der Waals surface area contributed by atoms with E-state index in [0.717, 1.165) is 16.7 Å². The van der Waals surface area contributed by atoms with Gasteiger partial charge in [0.2, 0.25) is 12.7 Å². The number of furan rings is 1. The van der Waals surface area contributed by atoms with Crippen LogP contribution in [0.2, 0.25) is 0 Å². The monoisotopic (exact) mass is 457 g/mol. The van der Waals surface area contributed by atoms with Gasteiger partial charge in [-0.05, 0) is 47.7 Å². The van der Waals surface area contributed by atoms with Crippen LogP contribution in [0.25, 0.3) is 6.08 Å². The number of rotatable bonds is 8. The molecule has 0 atom stereocenters. The van der Waals surface area contributed by atoms with E-state index in [9.17, 15) is 19.2 Å². The molecule has 2 N–H and O–H groups in total. The average Bonchev–Trinajstić information content (AvgIpc) is 3.51. The quantitative estimate of drug-likeness (QED) is 0.576. The molecule has 0 radical (unpaired) electrons. The Kier molecular flexibility index (Phi) is 6.45. The molecule has 0 unspecified atom stereocenters. The molecule has 0 saturated carbocycles. The Morgan fingerprint density at radius 3 is 2.75 bits per heavy atom. The first-order valence-electron chi connectivity index (χ1n) is 9.74. The zero-order valence-corrected chi connectivity index (χ0v) is 17.6. The number of nitrogens with one attached hydrogen (secondary N) is 2. The van der Waals surface area contributed by atoms with Crippen LogP contribution in [-0.2, 0) is 9.59 Å². The first-order valence-corrected chi connectivity index (χ1v) is 10.6. The van der Waals surface area contributed by atoms with Crippen LogP contribution in [0.4, 0.5) is 4.79 Å². The van der Waals surface area contributed by atoms with Gasteiger partial charge in [0.1, 0.15) is 0 Å². The molecule has 166 valence electrons. The molecular formula is C21H19N3O7S. The molecule has 11 heteroatoms. The smallest absolute Gasteiger partial charge is 0.293 e. The van der Waals surface area contributed by atoms with Crippen LogP contribution >= 0.6 is 11.8 Å². The molecule has 0 bridgehead atoms. The van der Waals surface area contributed by atoms with Gasteiger partial charge in [-0.1, -0.05) is 6.07 Å². The van der Waals surface area contributed by atoms with Crippen molar-refractivity contribution >= 4 is 40.8 Å². The van der Waals surface area contributed by atoms with Gasteiger partial charge in [0, 0.05) is 26.1 Å².